The zero-order valence-corrected chi connectivity index (χ0v) is 20.3. The van der Waals surface area contributed by atoms with Crippen LogP contribution < -0.4 is 10.1 Å². The van der Waals surface area contributed by atoms with Crippen LogP contribution in [0.1, 0.15) is 11.4 Å². The number of hydrogen-bond acceptors (Lipinski definition) is 5. The molecule has 0 radical (unpaired) electrons. The van der Waals surface area contributed by atoms with Gasteiger partial charge in [-0.1, -0.05) is 52.6 Å². The summed E-state index contributed by atoms with van der Waals surface area (Å²) in [6.45, 7) is 4.05. The van der Waals surface area contributed by atoms with Crippen LogP contribution in [0.25, 0.3) is 0 Å². The van der Waals surface area contributed by atoms with Crippen molar-refractivity contribution in [3.05, 3.63) is 75.5 Å². The first-order valence-electron chi connectivity index (χ1n) is 9.48. The molecule has 0 aliphatic rings. The van der Waals surface area contributed by atoms with Crippen molar-refractivity contribution in [2.75, 3.05) is 11.1 Å². The van der Waals surface area contributed by atoms with Crippen molar-refractivity contribution in [3.63, 3.8) is 0 Å². The Bertz CT molecular complexity index is 1200. The normalized spacial score (nSPS) is 11.4. The Labute approximate surface area is 212 Å². The van der Waals surface area contributed by atoms with E-state index in [4.69, 9.17) is 39.5 Å². The highest BCUT2D eigenvalue weighted by molar-refractivity contribution is 7.99. The Morgan fingerprint density at radius 3 is 2.59 bits per heavy atom. The Morgan fingerprint density at radius 2 is 1.88 bits per heavy atom. The van der Waals surface area contributed by atoms with Gasteiger partial charge in [-0.05, 0) is 30.3 Å². The summed E-state index contributed by atoms with van der Waals surface area (Å²) in [6, 6.07) is 7.49. The summed E-state index contributed by atoms with van der Waals surface area (Å²) < 4.78 is 46.2. The molecule has 1 N–H and O–H groups in total. The van der Waals surface area contributed by atoms with Crippen LogP contribution in [0.15, 0.2) is 54.2 Å². The molecule has 1 heterocycles. The van der Waals surface area contributed by atoms with Crippen molar-refractivity contribution in [3.8, 4) is 5.75 Å². The number of thioether (sulfide) groups is 1. The quantitative estimate of drug-likeness (QED) is 0.235. The number of nitrogens with one attached hydrogen (secondary N) is 1. The molecule has 0 atom stereocenters. The molecule has 0 spiro atoms. The zero-order valence-electron chi connectivity index (χ0n) is 17.2. The van der Waals surface area contributed by atoms with Crippen molar-refractivity contribution < 1.29 is 22.7 Å². The summed E-state index contributed by atoms with van der Waals surface area (Å²) in [5.74, 6) is 0.0968. The minimum absolute atomic E-state index is 0.0136. The van der Waals surface area contributed by atoms with Gasteiger partial charge in [0.25, 0.3) is 0 Å². The van der Waals surface area contributed by atoms with Gasteiger partial charge in [-0.15, -0.1) is 16.8 Å². The molecule has 13 heteroatoms. The molecule has 6 nitrogen and oxygen atoms in total. The number of allylic oxidation sites excluding steroid dienone is 1. The topological polar surface area (TPSA) is 69.0 Å². The number of aromatic nitrogens is 3. The van der Waals surface area contributed by atoms with Crippen LogP contribution >= 0.6 is 46.6 Å². The molecule has 0 saturated carbocycles. The third kappa shape index (κ3) is 6.82. The number of carbonyl (C=O) groups excluding carboxylic acids is 1. The fraction of sp³-hybridized carbons (Fsp3) is 0.190. The van der Waals surface area contributed by atoms with Gasteiger partial charge in [-0.2, -0.15) is 13.2 Å². The van der Waals surface area contributed by atoms with Gasteiger partial charge in [-0.25, -0.2) is 0 Å². The summed E-state index contributed by atoms with van der Waals surface area (Å²) in [5, 5.41) is 11.7. The van der Waals surface area contributed by atoms with Crippen molar-refractivity contribution >= 4 is 58.2 Å². The maximum absolute atomic E-state index is 12.9. The zero-order chi connectivity index (χ0) is 24.9. The maximum atomic E-state index is 12.9. The van der Waals surface area contributed by atoms with E-state index in [0.29, 0.717) is 33.3 Å². The monoisotopic (exact) mass is 550 g/mol. The van der Waals surface area contributed by atoms with Crippen LogP contribution in [0.5, 0.6) is 5.75 Å². The van der Waals surface area contributed by atoms with E-state index in [1.165, 1.54) is 0 Å². The second-order valence-electron chi connectivity index (χ2n) is 6.69. The lowest BCUT2D eigenvalue weighted by atomic mass is 10.2. The summed E-state index contributed by atoms with van der Waals surface area (Å²) in [6.07, 6.45) is -2.94. The van der Waals surface area contributed by atoms with Gasteiger partial charge >= 0.3 is 6.18 Å². The van der Waals surface area contributed by atoms with E-state index in [-0.39, 0.29) is 23.1 Å². The molecule has 3 aromatic rings. The van der Waals surface area contributed by atoms with Gasteiger partial charge in [0.2, 0.25) is 5.91 Å². The fourth-order valence-electron chi connectivity index (χ4n) is 2.69. The lowest BCUT2D eigenvalue weighted by Gasteiger charge is -2.12. The van der Waals surface area contributed by atoms with Gasteiger partial charge in [0.15, 0.2) is 11.0 Å². The first-order valence-corrected chi connectivity index (χ1v) is 11.6. The lowest BCUT2D eigenvalue weighted by Crippen LogP contribution is -2.16. The van der Waals surface area contributed by atoms with Crippen molar-refractivity contribution in [1.29, 1.82) is 0 Å². The predicted molar refractivity (Wildman–Crippen MR) is 127 cm³/mol. The molecule has 0 aliphatic carbocycles. The number of carbonyl (C=O) groups is 1. The standard InChI is InChI=1S/C21H16Cl3F3N4O2S/c1-2-7-31-18(10-33-17-9-13(22)4-6-15(17)24)29-30-20(31)34-11-19(32)28-16-8-12(21(25,26)27)3-5-14(16)23/h2-6,8-9H,1,7,10-11H2,(H,28,32). The minimum Gasteiger partial charge on any atom is -0.484 e. The van der Waals surface area contributed by atoms with E-state index in [2.05, 4.69) is 22.1 Å². The number of alkyl halides is 3. The van der Waals surface area contributed by atoms with Gasteiger partial charge < -0.3 is 10.1 Å². The smallest absolute Gasteiger partial charge is 0.416 e. The Hall–Kier alpha value is -2.40. The minimum atomic E-state index is -4.56. The predicted octanol–water partition coefficient (Wildman–Crippen LogP) is 6.75. The molecule has 180 valence electrons. The lowest BCUT2D eigenvalue weighted by molar-refractivity contribution is -0.137. The number of benzene rings is 2. The number of nitrogens with zero attached hydrogens (tertiary/aromatic N) is 3. The largest absolute Gasteiger partial charge is 0.484 e. The van der Waals surface area contributed by atoms with E-state index >= 15 is 0 Å². The molecule has 0 saturated heterocycles. The summed E-state index contributed by atoms with van der Waals surface area (Å²) >= 11 is 19.0. The average molecular weight is 552 g/mol. The fourth-order valence-corrected chi connectivity index (χ4v) is 3.95. The van der Waals surface area contributed by atoms with E-state index in [9.17, 15) is 18.0 Å². The number of rotatable bonds is 9. The highest BCUT2D eigenvalue weighted by atomic mass is 35.5. The number of halogens is 6. The highest BCUT2D eigenvalue weighted by Crippen LogP contribution is 2.34. The Morgan fingerprint density at radius 1 is 1.15 bits per heavy atom. The maximum Gasteiger partial charge on any atom is 0.416 e. The Balaban J connectivity index is 1.67. The third-order valence-corrected chi connectivity index (χ3v) is 6.10. The second-order valence-corrected chi connectivity index (χ2v) is 8.88. The first kappa shape index (κ1) is 26.2. The molecule has 0 bridgehead atoms. The van der Waals surface area contributed by atoms with Gasteiger partial charge in [0, 0.05) is 17.6 Å². The van der Waals surface area contributed by atoms with Crippen molar-refractivity contribution in [2.45, 2.75) is 24.5 Å². The molecule has 34 heavy (non-hydrogen) atoms. The number of amides is 1. The van der Waals surface area contributed by atoms with Crippen LogP contribution in [-0.2, 0) is 24.1 Å². The second kappa shape index (κ2) is 11.4. The van der Waals surface area contributed by atoms with Crippen LogP contribution in [0.4, 0.5) is 18.9 Å². The molecule has 1 amide bonds. The summed E-state index contributed by atoms with van der Waals surface area (Å²) in [4.78, 5) is 12.4. The molecule has 0 aliphatic heterocycles. The van der Waals surface area contributed by atoms with E-state index in [0.717, 1.165) is 30.0 Å². The SMILES string of the molecule is C=CCn1c(COc2cc(Cl)ccc2Cl)nnc1SCC(=O)Nc1cc(C(F)(F)F)ccc1Cl. The summed E-state index contributed by atoms with van der Waals surface area (Å²) in [7, 11) is 0. The van der Waals surface area contributed by atoms with Crippen LogP contribution in [0.3, 0.4) is 0 Å². The number of ether oxygens (including phenoxy) is 1. The molecule has 2 aromatic carbocycles. The van der Waals surface area contributed by atoms with Crippen molar-refractivity contribution in [1.82, 2.24) is 14.8 Å². The highest BCUT2D eigenvalue weighted by Gasteiger charge is 2.31. The van der Waals surface area contributed by atoms with Crippen LogP contribution in [-0.4, -0.2) is 26.4 Å². The molecule has 0 fully saturated rings. The van der Waals surface area contributed by atoms with Crippen LogP contribution in [0, 0.1) is 0 Å². The Kier molecular flexibility index (Phi) is 8.75. The van der Waals surface area contributed by atoms with E-state index in [1.54, 1.807) is 28.8 Å². The van der Waals surface area contributed by atoms with E-state index in [1.807, 2.05) is 0 Å². The van der Waals surface area contributed by atoms with Gasteiger partial charge in [0.05, 0.1) is 27.0 Å². The molecular formula is C21H16Cl3F3N4O2S. The van der Waals surface area contributed by atoms with Gasteiger partial charge in [-0.3, -0.25) is 9.36 Å². The first-order chi connectivity index (χ1) is 16.1. The molecule has 0 unspecified atom stereocenters. The van der Waals surface area contributed by atoms with Crippen molar-refractivity contribution in [2.24, 2.45) is 0 Å². The molecule has 3 rings (SSSR count). The van der Waals surface area contributed by atoms with E-state index < -0.39 is 17.6 Å². The van der Waals surface area contributed by atoms with Gasteiger partial charge in [0.1, 0.15) is 12.4 Å². The molecular weight excluding hydrogens is 536 g/mol. The summed E-state index contributed by atoms with van der Waals surface area (Å²) in [5.41, 5.74) is -1.06. The average Bonchev–Trinajstić information content (AvgIpc) is 3.15. The molecule has 1 aromatic heterocycles. The number of anilines is 1. The van der Waals surface area contributed by atoms with Crippen LogP contribution in [0.2, 0.25) is 15.1 Å². The third-order valence-electron chi connectivity index (χ3n) is 4.26. The number of hydrogen-bond donors (Lipinski definition) is 1.